The molecule has 0 bridgehead atoms. The van der Waals surface area contributed by atoms with Crippen molar-refractivity contribution in [3.05, 3.63) is 18.2 Å². The first kappa shape index (κ1) is 12.1. The molecule has 1 heterocycles. The number of methoxy groups -OCH3 is 1. The van der Waals surface area contributed by atoms with Crippen molar-refractivity contribution >= 4 is 11.4 Å². The molecule has 17 heavy (non-hydrogen) atoms. The maximum absolute atomic E-state index is 6.09. The number of anilines is 2. The molecule has 0 spiro atoms. The van der Waals surface area contributed by atoms with Crippen molar-refractivity contribution in [3.8, 4) is 5.75 Å². The number of rotatable bonds is 2. The van der Waals surface area contributed by atoms with Crippen LogP contribution in [0.1, 0.15) is 26.7 Å². The number of hydrogen-bond acceptors (Lipinski definition) is 3. The van der Waals surface area contributed by atoms with Gasteiger partial charge in [0.05, 0.1) is 18.5 Å². The van der Waals surface area contributed by atoms with Gasteiger partial charge in [0.2, 0.25) is 0 Å². The van der Waals surface area contributed by atoms with E-state index in [1.165, 1.54) is 12.8 Å². The minimum absolute atomic E-state index is 0.556. The molecule has 1 aliphatic rings. The molecule has 1 aliphatic heterocycles. The third-order valence-electron chi connectivity index (χ3n) is 3.66. The van der Waals surface area contributed by atoms with Crippen LogP contribution in [0.15, 0.2) is 18.2 Å². The van der Waals surface area contributed by atoms with Crippen LogP contribution in [0.2, 0.25) is 0 Å². The molecule has 2 atom stereocenters. The Bertz CT molecular complexity index is 392. The Labute approximate surface area is 104 Å². The first-order chi connectivity index (χ1) is 8.11. The second kappa shape index (κ2) is 4.86. The fourth-order valence-electron chi connectivity index (χ4n) is 2.52. The molecule has 1 saturated heterocycles. The predicted octanol–water partition coefficient (Wildman–Crippen LogP) is 2.90. The Morgan fingerprint density at radius 1 is 1.29 bits per heavy atom. The largest absolute Gasteiger partial charge is 0.497 e. The summed E-state index contributed by atoms with van der Waals surface area (Å²) < 4.78 is 5.28. The van der Waals surface area contributed by atoms with E-state index in [0.29, 0.717) is 6.04 Å². The molecule has 2 rings (SSSR count). The van der Waals surface area contributed by atoms with E-state index in [1.54, 1.807) is 7.11 Å². The molecule has 0 saturated carbocycles. The van der Waals surface area contributed by atoms with E-state index in [-0.39, 0.29) is 0 Å². The molecule has 94 valence electrons. The average molecular weight is 234 g/mol. The molecular formula is C14H22N2O. The highest BCUT2D eigenvalue weighted by atomic mass is 16.5. The van der Waals surface area contributed by atoms with Gasteiger partial charge in [0.15, 0.2) is 0 Å². The molecule has 1 aromatic carbocycles. The van der Waals surface area contributed by atoms with E-state index in [4.69, 9.17) is 10.5 Å². The van der Waals surface area contributed by atoms with Crippen molar-refractivity contribution in [2.75, 3.05) is 24.3 Å². The molecule has 2 unspecified atom stereocenters. The van der Waals surface area contributed by atoms with Gasteiger partial charge in [0, 0.05) is 18.7 Å². The standard InChI is InChI=1S/C14H22N2O/c1-10-4-5-11(2)16(9-10)14-8-12(17-3)6-7-13(14)15/h6-8,10-11H,4-5,9,15H2,1-3H3. The highest BCUT2D eigenvalue weighted by Crippen LogP contribution is 2.33. The number of benzene rings is 1. The second-order valence-electron chi connectivity index (χ2n) is 5.11. The molecule has 2 N–H and O–H groups in total. The van der Waals surface area contributed by atoms with Crippen LogP contribution in [0, 0.1) is 5.92 Å². The van der Waals surface area contributed by atoms with Gasteiger partial charge in [-0.3, -0.25) is 0 Å². The van der Waals surface area contributed by atoms with Crippen LogP contribution in [-0.2, 0) is 0 Å². The summed E-state index contributed by atoms with van der Waals surface area (Å²) >= 11 is 0. The van der Waals surface area contributed by atoms with E-state index in [1.807, 2.05) is 18.2 Å². The highest BCUT2D eigenvalue weighted by Gasteiger charge is 2.24. The zero-order chi connectivity index (χ0) is 12.4. The summed E-state index contributed by atoms with van der Waals surface area (Å²) in [4.78, 5) is 2.41. The molecule has 1 fully saturated rings. The topological polar surface area (TPSA) is 38.5 Å². The van der Waals surface area contributed by atoms with Crippen molar-refractivity contribution < 1.29 is 4.74 Å². The lowest BCUT2D eigenvalue weighted by Crippen LogP contribution is -2.41. The zero-order valence-electron chi connectivity index (χ0n) is 10.9. The SMILES string of the molecule is COc1ccc(N)c(N2CC(C)CCC2C)c1. The van der Waals surface area contributed by atoms with Gasteiger partial charge in [0.1, 0.15) is 5.75 Å². The smallest absolute Gasteiger partial charge is 0.121 e. The molecule has 3 nitrogen and oxygen atoms in total. The molecular weight excluding hydrogens is 212 g/mol. The molecule has 1 aromatic rings. The van der Waals surface area contributed by atoms with Crippen molar-refractivity contribution in [2.24, 2.45) is 5.92 Å². The lowest BCUT2D eigenvalue weighted by atomic mass is 9.94. The minimum Gasteiger partial charge on any atom is -0.497 e. The maximum Gasteiger partial charge on any atom is 0.121 e. The third-order valence-corrected chi connectivity index (χ3v) is 3.66. The van der Waals surface area contributed by atoms with Crippen molar-refractivity contribution in [1.82, 2.24) is 0 Å². The van der Waals surface area contributed by atoms with Crippen molar-refractivity contribution in [3.63, 3.8) is 0 Å². The Kier molecular flexibility index (Phi) is 3.46. The first-order valence-corrected chi connectivity index (χ1v) is 6.32. The van der Waals surface area contributed by atoms with E-state index < -0.39 is 0 Å². The molecule has 3 heteroatoms. The van der Waals surface area contributed by atoms with Crippen LogP contribution in [0.3, 0.4) is 0 Å². The highest BCUT2D eigenvalue weighted by molar-refractivity contribution is 5.70. The van der Waals surface area contributed by atoms with Gasteiger partial charge in [-0.15, -0.1) is 0 Å². The normalized spacial score (nSPS) is 24.8. The van der Waals surface area contributed by atoms with Crippen LogP contribution in [0.5, 0.6) is 5.75 Å². The Hall–Kier alpha value is -1.38. The number of ether oxygens (including phenoxy) is 1. The fraction of sp³-hybridized carbons (Fsp3) is 0.571. The minimum atomic E-state index is 0.556. The Morgan fingerprint density at radius 2 is 2.06 bits per heavy atom. The maximum atomic E-state index is 6.09. The van der Waals surface area contributed by atoms with Crippen molar-refractivity contribution in [1.29, 1.82) is 0 Å². The lowest BCUT2D eigenvalue weighted by molar-refractivity contribution is 0.388. The van der Waals surface area contributed by atoms with Gasteiger partial charge in [-0.1, -0.05) is 6.92 Å². The van der Waals surface area contributed by atoms with E-state index in [9.17, 15) is 0 Å². The third kappa shape index (κ3) is 2.48. The zero-order valence-corrected chi connectivity index (χ0v) is 10.9. The Morgan fingerprint density at radius 3 is 2.76 bits per heavy atom. The second-order valence-corrected chi connectivity index (χ2v) is 5.11. The molecule has 0 radical (unpaired) electrons. The quantitative estimate of drug-likeness (QED) is 0.800. The van der Waals surface area contributed by atoms with Crippen LogP contribution in [0.25, 0.3) is 0 Å². The van der Waals surface area contributed by atoms with Crippen LogP contribution >= 0.6 is 0 Å². The molecule has 0 amide bonds. The number of nitrogens with zero attached hydrogens (tertiary/aromatic N) is 1. The van der Waals surface area contributed by atoms with E-state index in [0.717, 1.165) is 29.6 Å². The summed E-state index contributed by atoms with van der Waals surface area (Å²) in [6.07, 6.45) is 2.54. The van der Waals surface area contributed by atoms with Crippen LogP contribution in [-0.4, -0.2) is 19.7 Å². The average Bonchev–Trinajstić information content (AvgIpc) is 2.33. The van der Waals surface area contributed by atoms with Gasteiger partial charge >= 0.3 is 0 Å². The molecule has 0 aliphatic carbocycles. The molecule has 0 aromatic heterocycles. The van der Waals surface area contributed by atoms with E-state index >= 15 is 0 Å². The first-order valence-electron chi connectivity index (χ1n) is 6.32. The fourth-order valence-corrected chi connectivity index (χ4v) is 2.52. The summed E-state index contributed by atoms with van der Waals surface area (Å²) in [5.74, 6) is 1.61. The van der Waals surface area contributed by atoms with Gasteiger partial charge in [0.25, 0.3) is 0 Å². The Balaban J connectivity index is 2.30. The number of nitrogens with two attached hydrogens (primary N) is 1. The van der Waals surface area contributed by atoms with Crippen LogP contribution in [0.4, 0.5) is 11.4 Å². The number of piperidine rings is 1. The number of hydrogen-bond donors (Lipinski definition) is 1. The monoisotopic (exact) mass is 234 g/mol. The van der Waals surface area contributed by atoms with Crippen LogP contribution < -0.4 is 15.4 Å². The van der Waals surface area contributed by atoms with Gasteiger partial charge < -0.3 is 15.4 Å². The summed E-state index contributed by atoms with van der Waals surface area (Å²) in [6, 6.07) is 6.45. The van der Waals surface area contributed by atoms with Gasteiger partial charge in [-0.2, -0.15) is 0 Å². The number of nitrogen functional groups attached to an aromatic ring is 1. The van der Waals surface area contributed by atoms with Crippen molar-refractivity contribution in [2.45, 2.75) is 32.7 Å². The summed E-state index contributed by atoms with van der Waals surface area (Å²) in [7, 11) is 1.69. The summed E-state index contributed by atoms with van der Waals surface area (Å²) in [5, 5.41) is 0. The van der Waals surface area contributed by atoms with Gasteiger partial charge in [-0.25, -0.2) is 0 Å². The van der Waals surface area contributed by atoms with Gasteiger partial charge in [-0.05, 0) is 37.8 Å². The summed E-state index contributed by atoms with van der Waals surface area (Å²) in [5.41, 5.74) is 8.04. The summed E-state index contributed by atoms with van der Waals surface area (Å²) in [6.45, 7) is 5.65. The predicted molar refractivity (Wildman–Crippen MR) is 72.6 cm³/mol. The lowest BCUT2D eigenvalue weighted by Gasteiger charge is -2.39. The van der Waals surface area contributed by atoms with E-state index in [2.05, 4.69) is 18.7 Å².